The van der Waals surface area contributed by atoms with E-state index in [1.807, 2.05) is 11.3 Å². The van der Waals surface area contributed by atoms with Crippen LogP contribution in [0, 0.1) is 6.92 Å². The maximum absolute atomic E-state index is 12.6. The molecule has 2 aromatic rings. The topological polar surface area (TPSA) is 32.3 Å². The van der Waals surface area contributed by atoms with Gasteiger partial charge >= 0.3 is 0 Å². The lowest BCUT2D eigenvalue weighted by atomic mass is 10.0. The molecule has 0 unspecified atom stereocenters. The van der Waals surface area contributed by atoms with E-state index >= 15 is 0 Å². The van der Waals surface area contributed by atoms with Crippen LogP contribution in [0.1, 0.15) is 53.9 Å². The smallest absolute Gasteiger partial charge is 0.234 e. The number of aryl methyl sites for hydroxylation is 1. The number of fused-ring (bicyclic) bond motifs is 1. The van der Waals surface area contributed by atoms with Crippen LogP contribution >= 0.6 is 11.3 Å². The predicted octanol–water partition coefficient (Wildman–Crippen LogP) is 4.24. The van der Waals surface area contributed by atoms with Crippen molar-refractivity contribution in [3.63, 3.8) is 0 Å². The minimum atomic E-state index is 0.0925. The van der Waals surface area contributed by atoms with Gasteiger partial charge in [0, 0.05) is 17.5 Å². The van der Waals surface area contributed by atoms with E-state index in [0.29, 0.717) is 12.6 Å². The van der Waals surface area contributed by atoms with Gasteiger partial charge < -0.3 is 5.32 Å². The van der Waals surface area contributed by atoms with Gasteiger partial charge in [0.2, 0.25) is 5.91 Å². The second-order valence-corrected chi connectivity index (χ2v) is 7.64. The number of hydrogen-bond acceptors (Lipinski definition) is 3. The first-order valence-corrected chi connectivity index (χ1v) is 9.62. The van der Waals surface area contributed by atoms with E-state index in [9.17, 15) is 4.79 Å². The lowest BCUT2D eigenvalue weighted by molar-refractivity contribution is -0.123. The molecule has 1 N–H and O–H groups in total. The zero-order valence-electron chi connectivity index (χ0n) is 14.7. The molecule has 0 radical (unpaired) electrons. The maximum atomic E-state index is 12.6. The zero-order valence-corrected chi connectivity index (χ0v) is 15.5. The highest BCUT2D eigenvalue weighted by Gasteiger charge is 2.26. The van der Waals surface area contributed by atoms with Crippen molar-refractivity contribution >= 4 is 17.2 Å². The van der Waals surface area contributed by atoms with Gasteiger partial charge in [0.05, 0.1) is 12.6 Å². The van der Waals surface area contributed by atoms with Crippen molar-refractivity contribution in [1.82, 2.24) is 10.2 Å². The molecule has 0 fully saturated rings. The van der Waals surface area contributed by atoms with Crippen molar-refractivity contribution < 1.29 is 4.79 Å². The van der Waals surface area contributed by atoms with E-state index in [-0.39, 0.29) is 11.9 Å². The van der Waals surface area contributed by atoms with E-state index in [2.05, 4.69) is 66.7 Å². The van der Waals surface area contributed by atoms with E-state index in [0.717, 1.165) is 19.4 Å². The minimum Gasteiger partial charge on any atom is -0.348 e. The lowest BCUT2D eigenvalue weighted by Gasteiger charge is -2.33. The second-order valence-electron chi connectivity index (χ2n) is 6.63. The third-order valence-electron chi connectivity index (χ3n) is 4.97. The Balaban J connectivity index is 1.61. The van der Waals surface area contributed by atoms with Gasteiger partial charge in [0.25, 0.3) is 0 Å². The molecule has 0 bridgehead atoms. The fourth-order valence-electron chi connectivity index (χ4n) is 3.42. The van der Waals surface area contributed by atoms with Crippen LogP contribution in [0.4, 0.5) is 0 Å². The number of carbonyl (C=O) groups excluding carboxylic acids is 1. The summed E-state index contributed by atoms with van der Waals surface area (Å²) in [6.07, 6.45) is 1.96. The Kier molecular flexibility index (Phi) is 5.36. The molecule has 0 spiro atoms. The van der Waals surface area contributed by atoms with E-state index in [1.54, 1.807) is 0 Å². The lowest BCUT2D eigenvalue weighted by Crippen LogP contribution is -2.42. The quantitative estimate of drug-likeness (QED) is 0.881. The van der Waals surface area contributed by atoms with Gasteiger partial charge in [-0.2, -0.15) is 0 Å². The average Bonchev–Trinajstić information content (AvgIpc) is 3.06. The summed E-state index contributed by atoms with van der Waals surface area (Å²) in [6.45, 7) is 7.84. The molecule has 1 amide bonds. The van der Waals surface area contributed by atoms with Gasteiger partial charge in [-0.3, -0.25) is 9.69 Å². The number of nitrogens with one attached hydrogen (secondary N) is 1. The van der Waals surface area contributed by atoms with Gasteiger partial charge in [-0.1, -0.05) is 36.8 Å². The van der Waals surface area contributed by atoms with Crippen LogP contribution in [0.5, 0.6) is 0 Å². The molecule has 24 heavy (non-hydrogen) atoms. The predicted molar refractivity (Wildman–Crippen MR) is 100 cm³/mol. The summed E-state index contributed by atoms with van der Waals surface area (Å²) in [7, 11) is 0. The van der Waals surface area contributed by atoms with Crippen LogP contribution in [-0.4, -0.2) is 23.9 Å². The van der Waals surface area contributed by atoms with Gasteiger partial charge in [0.15, 0.2) is 0 Å². The van der Waals surface area contributed by atoms with Crippen molar-refractivity contribution in [2.45, 2.75) is 45.7 Å². The summed E-state index contributed by atoms with van der Waals surface area (Å²) in [5.74, 6) is 0.118. The van der Waals surface area contributed by atoms with Crippen LogP contribution in [0.3, 0.4) is 0 Å². The Bertz CT molecular complexity index is 692. The first-order valence-electron chi connectivity index (χ1n) is 8.74. The fraction of sp³-hybridized carbons (Fsp3) is 0.450. The zero-order chi connectivity index (χ0) is 17.1. The van der Waals surface area contributed by atoms with E-state index < -0.39 is 0 Å². The molecule has 1 aromatic carbocycles. The number of thiophene rings is 1. The van der Waals surface area contributed by atoms with Gasteiger partial charge in [-0.15, -0.1) is 11.3 Å². The Morgan fingerprint density at radius 1 is 1.33 bits per heavy atom. The average molecular weight is 343 g/mol. The molecule has 0 saturated carbocycles. The van der Waals surface area contributed by atoms with Gasteiger partial charge in [0.1, 0.15) is 0 Å². The molecule has 1 aliphatic rings. The van der Waals surface area contributed by atoms with Crippen molar-refractivity contribution in [3.8, 4) is 0 Å². The van der Waals surface area contributed by atoms with Crippen molar-refractivity contribution in [3.05, 3.63) is 57.3 Å². The number of hydrogen-bond donors (Lipinski definition) is 1. The first-order chi connectivity index (χ1) is 11.6. The number of benzene rings is 1. The summed E-state index contributed by atoms with van der Waals surface area (Å²) in [5, 5.41) is 5.37. The molecular formula is C20H26N2OS. The second kappa shape index (κ2) is 7.49. The van der Waals surface area contributed by atoms with Crippen LogP contribution in [0.15, 0.2) is 35.7 Å². The molecule has 2 heterocycles. The number of amides is 1. The first kappa shape index (κ1) is 17.2. The molecule has 0 saturated heterocycles. The number of rotatable bonds is 5. The molecule has 3 rings (SSSR count). The summed E-state index contributed by atoms with van der Waals surface area (Å²) < 4.78 is 0. The standard InChI is InChI=1S/C20H26N2OS/c1-4-18(16-7-5-14(2)6-8-16)21-20(23)13-22-11-9-19-17(15(22)3)10-12-24-19/h5-8,10,12,15,18H,4,9,11,13H2,1-3H3,(H,21,23)/t15-,18+/m1/s1. The highest BCUT2D eigenvalue weighted by molar-refractivity contribution is 7.10. The number of carbonyl (C=O) groups is 1. The fourth-order valence-corrected chi connectivity index (χ4v) is 4.38. The molecule has 128 valence electrons. The largest absolute Gasteiger partial charge is 0.348 e. The van der Waals surface area contributed by atoms with E-state index in [4.69, 9.17) is 0 Å². The van der Waals surface area contributed by atoms with Crippen molar-refractivity contribution in [1.29, 1.82) is 0 Å². The summed E-state index contributed by atoms with van der Waals surface area (Å²) in [4.78, 5) is 16.3. The normalized spacial score (nSPS) is 18.9. The number of nitrogens with zero attached hydrogens (tertiary/aromatic N) is 1. The molecule has 4 heteroatoms. The van der Waals surface area contributed by atoms with Crippen LogP contribution in [0.25, 0.3) is 0 Å². The molecule has 0 aliphatic carbocycles. The third kappa shape index (κ3) is 3.70. The van der Waals surface area contributed by atoms with Crippen LogP contribution in [0.2, 0.25) is 0 Å². The summed E-state index contributed by atoms with van der Waals surface area (Å²) in [5.41, 5.74) is 3.82. The Morgan fingerprint density at radius 3 is 2.79 bits per heavy atom. The molecule has 1 aliphatic heterocycles. The van der Waals surface area contributed by atoms with Crippen LogP contribution < -0.4 is 5.32 Å². The van der Waals surface area contributed by atoms with Gasteiger partial charge in [-0.05, 0) is 49.3 Å². The highest BCUT2D eigenvalue weighted by atomic mass is 32.1. The monoisotopic (exact) mass is 342 g/mol. The molecular weight excluding hydrogens is 316 g/mol. The summed E-state index contributed by atoms with van der Waals surface area (Å²) in [6, 6.07) is 11.1. The Labute approximate surface area is 148 Å². The van der Waals surface area contributed by atoms with Crippen LogP contribution in [-0.2, 0) is 11.2 Å². The van der Waals surface area contributed by atoms with Crippen molar-refractivity contribution in [2.75, 3.05) is 13.1 Å². The Hall–Kier alpha value is -1.65. The summed E-state index contributed by atoms with van der Waals surface area (Å²) >= 11 is 1.84. The molecule has 3 nitrogen and oxygen atoms in total. The SMILES string of the molecule is CC[C@H](NC(=O)CN1CCc2sccc2[C@H]1C)c1ccc(C)cc1. The van der Waals surface area contributed by atoms with Gasteiger partial charge in [-0.25, -0.2) is 0 Å². The Morgan fingerprint density at radius 2 is 2.08 bits per heavy atom. The maximum Gasteiger partial charge on any atom is 0.234 e. The highest BCUT2D eigenvalue weighted by Crippen LogP contribution is 2.32. The minimum absolute atomic E-state index is 0.0925. The van der Waals surface area contributed by atoms with E-state index in [1.165, 1.54) is 21.6 Å². The van der Waals surface area contributed by atoms with Crippen molar-refractivity contribution in [2.24, 2.45) is 0 Å². The molecule has 2 atom stereocenters. The molecule has 1 aromatic heterocycles. The third-order valence-corrected chi connectivity index (χ3v) is 5.97.